The van der Waals surface area contributed by atoms with Gasteiger partial charge in [0, 0.05) is 17.7 Å². The number of hydrogen-bond donors (Lipinski definition) is 2. The minimum Gasteiger partial charge on any atom is -0.302 e. The van der Waals surface area contributed by atoms with Crippen molar-refractivity contribution in [3.05, 3.63) is 57.5 Å². The molecule has 0 unspecified atom stereocenters. The van der Waals surface area contributed by atoms with E-state index < -0.39 is 0 Å². The molecule has 1 radical (unpaired) electrons. The molecule has 0 bridgehead atoms. The molecule has 2 rings (SSSR count). The average Bonchev–Trinajstić information content (AvgIpc) is 2.62. The van der Waals surface area contributed by atoms with Crippen LogP contribution >= 0.6 is 0 Å². The van der Waals surface area contributed by atoms with Crippen LogP contribution < -0.4 is 5.56 Å². The molecule has 0 fully saturated rings. The molecular formula is C13H15N2O. The van der Waals surface area contributed by atoms with Crippen molar-refractivity contribution in [1.82, 2.24) is 10.2 Å². The molecule has 0 saturated heterocycles. The highest BCUT2D eigenvalue weighted by Gasteiger charge is 2.12. The minimum atomic E-state index is -0.0208. The Hall–Kier alpha value is -1.77. The fourth-order valence-electron chi connectivity index (χ4n) is 1.81. The van der Waals surface area contributed by atoms with E-state index in [4.69, 9.17) is 0 Å². The topological polar surface area (TPSA) is 48.6 Å². The summed E-state index contributed by atoms with van der Waals surface area (Å²) in [7, 11) is 0. The summed E-state index contributed by atoms with van der Waals surface area (Å²) in [6, 6.07) is 10.7. The first-order chi connectivity index (χ1) is 7.68. The molecule has 3 heteroatoms. The maximum Gasteiger partial charge on any atom is 0.267 e. The van der Waals surface area contributed by atoms with Gasteiger partial charge in [0.15, 0.2) is 0 Å². The van der Waals surface area contributed by atoms with Gasteiger partial charge in [0.1, 0.15) is 0 Å². The van der Waals surface area contributed by atoms with Crippen LogP contribution in [0.3, 0.4) is 0 Å². The molecule has 0 atom stereocenters. The number of rotatable bonds is 3. The molecule has 0 spiro atoms. The summed E-state index contributed by atoms with van der Waals surface area (Å²) in [6.07, 6.45) is 0.656. The van der Waals surface area contributed by atoms with Crippen LogP contribution in [0.4, 0.5) is 0 Å². The van der Waals surface area contributed by atoms with Gasteiger partial charge in [-0.15, -0.1) is 0 Å². The third-order valence-electron chi connectivity index (χ3n) is 2.64. The molecular weight excluding hydrogens is 200 g/mol. The number of hydrogen-bond acceptors (Lipinski definition) is 1. The Morgan fingerprint density at radius 2 is 2.19 bits per heavy atom. The Bertz CT molecular complexity index is 508. The van der Waals surface area contributed by atoms with E-state index in [1.807, 2.05) is 24.3 Å². The third kappa shape index (κ3) is 2.08. The summed E-state index contributed by atoms with van der Waals surface area (Å²) < 4.78 is 0. The lowest BCUT2D eigenvalue weighted by Crippen LogP contribution is -2.08. The van der Waals surface area contributed by atoms with Crippen molar-refractivity contribution in [2.75, 3.05) is 0 Å². The summed E-state index contributed by atoms with van der Waals surface area (Å²) in [5, 5.41) is 5.59. The van der Waals surface area contributed by atoms with Crippen LogP contribution in [0, 0.1) is 6.07 Å². The van der Waals surface area contributed by atoms with E-state index in [1.165, 1.54) is 0 Å². The molecule has 0 aliphatic rings. The van der Waals surface area contributed by atoms with Gasteiger partial charge in [-0.3, -0.25) is 9.89 Å². The molecule has 0 amide bonds. The largest absolute Gasteiger partial charge is 0.302 e. The number of nitrogens with one attached hydrogen (secondary N) is 2. The number of benzene rings is 1. The Labute approximate surface area is 94.5 Å². The zero-order chi connectivity index (χ0) is 11.5. The summed E-state index contributed by atoms with van der Waals surface area (Å²) in [6.45, 7) is 4.14. The van der Waals surface area contributed by atoms with Crippen LogP contribution in [0.1, 0.15) is 36.6 Å². The predicted molar refractivity (Wildman–Crippen MR) is 63.6 cm³/mol. The molecule has 0 saturated carbocycles. The SMILES string of the molecule is CC(C)c1[nH][nH]c(=O)c1Cc1c[c]ccc1. The molecule has 3 nitrogen and oxygen atoms in total. The highest BCUT2D eigenvalue weighted by molar-refractivity contribution is 5.28. The zero-order valence-electron chi connectivity index (χ0n) is 9.50. The van der Waals surface area contributed by atoms with E-state index in [2.05, 4.69) is 30.1 Å². The normalized spacial score (nSPS) is 10.9. The van der Waals surface area contributed by atoms with Crippen molar-refractivity contribution in [3.63, 3.8) is 0 Å². The number of H-pyrrole nitrogens is 2. The highest BCUT2D eigenvalue weighted by Crippen LogP contribution is 2.16. The van der Waals surface area contributed by atoms with Crippen molar-refractivity contribution < 1.29 is 0 Å². The predicted octanol–water partition coefficient (Wildman–Crippen LogP) is 2.22. The molecule has 2 N–H and O–H groups in total. The van der Waals surface area contributed by atoms with E-state index in [9.17, 15) is 4.79 Å². The lowest BCUT2D eigenvalue weighted by atomic mass is 10.0. The summed E-state index contributed by atoms with van der Waals surface area (Å²) in [4.78, 5) is 11.7. The van der Waals surface area contributed by atoms with Crippen LogP contribution in [-0.2, 0) is 6.42 Å². The smallest absolute Gasteiger partial charge is 0.267 e. The second kappa shape index (κ2) is 4.39. The molecule has 83 valence electrons. The van der Waals surface area contributed by atoms with Gasteiger partial charge >= 0.3 is 0 Å². The van der Waals surface area contributed by atoms with Crippen molar-refractivity contribution >= 4 is 0 Å². The molecule has 1 heterocycles. The first-order valence-corrected chi connectivity index (χ1v) is 5.43. The van der Waals surface area contributed by atoms with E-state index in [1.54, 1.807) is 0 Å². The molecule has 2 aromatic rings. The van der Waals surface area contributed by atoms with Gasteiger partial charge in [-0.2, -0.15) is 0 Å². The first-order valence-electron chi connectivity index (χ1n) is 5.43. The minimum absolute atomic E-state index is 0.0208. The summed E-state index contributed by atoms with van der Waals surface area (Å²) in [5.41, 5.74) is 2.91. The maximum atomic E-state index is 11.7. The Morgan fingerprint density at radius 3 is 2.81 bits per heavy atom. The van der Waals surface area contributed by atoms with Crippen molar-refractivity contribution in [2.45, 2.75) is 26.2 Å². The van der Waals surface area contributed by atoms with Crippen LogP contribution in [0.15, 0.2) is 29.1 Å². The monoisotopic (exact) mass is 215 g/mol. The fraction of sp³-hybridized carbons (Fsp3) is 0.308. The molecule has 0 aliphatic carbocycles. The fourth-order valence-corrected chi connectivity index (χ4v) is 1.81. The summed E-state index contributed by atoms with van der Waals surface area (Å²) in [5.74, 6) is 0.321. The quantitative estimate of drug-likeness (QED) is 0.810. The van der Waals surface area contributed by atoms with Gasteiger partial charge in [-0.05, 0) is 17.5 Å². The average molecular weight is 215 g/mol. The second-order valence-electron chi connectivity index (χ2n) is 4.21. The van der Waals surface area contributed by atoms with E-state index in [0.29, 0.717) is 12.3 Å². The van der Waals surface area contributed by atoms with Crippen LogP contribution in [0.25, 0.3) is 0 Å². The molecule has 16 heavy (non-hydrogen) atoms. The second-order valence-corrected chi connectivity index (χ2v) is 4.21. The lowest BCUT2D eigenvalue weighted by Gasteiger charge is -2.05. The standard InChI is InChI=1S/C13H15N2O/c1-9(2)12-11(13(16)15-14-12)8-10-6-4-3-5-7-10/h3-4,6-7,9H,8H2,1-2H3,(H2,14,15,16). The van der Waals surface area contributed by atoms with Gasteiger partial charge in [-0.1, -0.05) is 38.1 Å². The zero-order valence-corrected chi connectivity index (χ0v) is 9.50. The van der Waals surface area contributed by atoms with Crippen LogP contribution in [0.5, 0.6) is 0 Å². The van der Waals surface area contributed by atoms with Gasteiger partial charge in [0.05, 0.1) is 0 Å². The Balaban J connectivity index is 2.34. The summed E-state index contributed by atoms with van der Waals surface area (Å²) >= 11 is 0. The van der Waals surface area contributed by atoms with Crippen molar-refractivity contribution in [2.24, 2.45) is 0 Å². The maximum absolute atomic E-state index is 11.7. The van der Waals surface area contributed by atoms with E-state index >= 15 is 0 Å². The molecule has 0 aliphatic heterocycles. The van der Waals surface area contributed by atoms with Gasteiger partial charge in [0.25, 0.3) is 5.56 Å². The number of aromatic nitrogens is 2. The third-order valence-corrected chi connectivity index (χ3v) is 2.64. The highest BCUT2D eigenvalue weighted by atomic mass is 16.1. The lowest BCUT2D eigenvalue weighted by molar-refractivity contribution is 0.799. The van der Waals surface area contributed by atoms with E-state index in [0.717, 1.165) is 16.8 Å². The molecule has 1 aromatic heterocycles. The van der Waals surface area contributed by atoms with Gasteiger partial charge in [0.2, 0.25) is 0 Å². The van der Waals surface area contributed by atoms with Gasteiger partial charge < -0.3 is 5.10 Å². The Morgan fingerprint density at radius 1 is 1.38 bits per heavy atom. The van der Waals surface area contributed by atoms with Crippen molar-refractivity contribution in [1.29, 1.82) is 0 Å². The molecule has 1 aromatic carbocycles. The number of aromatic amines is 2. The Kier molecular flexibility index (Phi) is 2.95. The first kappa shape index (κ1) is 10.7. The van der Waals surface area contributed by atoms with Crippen molar-refractivity contribution in [3.8, 4) is 0 Å². The van der Waals surface area contributed by atoms with Gasteiger partial charge in [-0.25, -0.2) is 0 Å². The van der Waals surface area contributed by atoms with Crippen LogP contribution in [-0.4, -0.2) is 10.2 Å². The van der Waals surface area contributed by atoms with E-state index in [-0.39, 0.29) is 5.56 Å². The van der Waals surface area contributed by atoms with Crippen LogP contribution in [0.2, 0.25) is 0 Å².